The molecule has 0 saturated carbocycles. The Balaban J connectivity index is 1.11. The van der Waals surface area contributed by atoms with Gasteiger partial charge in [-0.1, -0.05) is 24.3 Å². The van der Waals surface area contributed by atoms with Crippen LogP contribution >= 0.6 is 0 Å². The van der Waals surface area contributed by atoms with Gasteiger partial charge in [-0.3, -0.25) is 4.79 Å². The summed E-state index contributed by atoms with van der Waals surface area (Å²) >= 11 is 0. The molecular weight excluding hydrogens is 547 g/mol. The van der Waals surface area contributed by atoms with E-state index in [0.717, 1.165) is 54.1 Å². The number of benzene rings is 3. The van der Waals surface area contributed by atoms with E-state index in [2.05, 4.69) is 32.7 Å². The lowest BCUT2D eigenvalue weighted by Gasteiger charge is -2.29. The zero-order valence-corrected chi connectivity index (χ0v) is 24.1. The number of rotatable bonds is 9. The number of anilines is 2. The maximum atomic E-state index is 13.1. The Hall–Kier alpha value is -4.96. The summed E-state index contributed by atoms with van der Waals surface area (Å²) in [6.45, 7) is 2.39. The van der Waals surface area contributed by atoms with Crippen LogP contribution in [0.15, 0.2) is 85.1 Å². The topological polar surface area (TPSA) is 93.0 Å². The molecule has 0 radical (unpaired) electrons. The number of methoxy groups -OCH3 is 1. The van der Waals surface area contributed by atoms with Gasteiger partial charge in [0.05, 0.1) is 12.8 Å². The number of pyridine rings is 1. The predicted molar refractivity (Wildman–Crippen MR) is 163 cm³/mol. The van der Waals surface area contributed by atoms with Crippen molar-refractivity contribution in [3.8, 4) is 22.6 Å². The first-order chi connectivity index (χ1) is 20.9. The van der Waals surface area contributed by atoms with Crippen LogP contribution in [0.1, 0.15) is 28.8 Å². The normalized spacial score (nSPS) is 14.0. The van der Waals surface area contributed by atoms with E-state index in [9.17, 15) is 9.18 Å². The average Bonchev–Trinajstić information content (AvgIpc) is 3.44. The second-order valence-corrected chi connectivity index (χ2v) is 10.7. The number of carbonyl (C=O) groups excluding carboxylic acids is 1. The molecule has 10 heteroatoms. The van der Waals surface area contributed by atoms with Crippen molar-refractivity contribution in [1.29, 1.82) is 0 Å². The maximum Gasteiger partial charge on any atom is 0.251 e. The van der Waals surface area contributed by atoms with Crippen LogP contribution in [0.4, 0.5) is 16.0 Å². The molecule has 0 unspecified atom stereocenters. The van der Waals surface area contributed by atoms with Crippen molar-refractivity contribution < 1.29 is 18.7 Å². The molecule has 3 aromatic carbocycles. The Morgan fingerprint density at radius 3 is 2.47 bits per heavy atom. The lowest BCUT2D eigenvalue weighted by Crippen LogP contribution is -2.35. The first-order valence-electron chi connectivity index (χ1n) is 14.2. The quantitative estimate of drug-likeness (QED) is 0.231. The van der Waals surface area contributed by atoms with E-state index < -0.39 is 0 Å². The summed E-state index contributed by atoms with van der Waals surface area (Å²) in [6.07, 6.45) is 4.11. The number of hydrogen-bond acceptors (Lipinski definition) is 7. The highest BCUT2D eigenvalue weighted by Crippen LogP contribution is 2.32. The summed E-state index contributed by atoms with van der Waals surface area (Å²) < 4.78 is 26.7. The average molecular weight is 581 g/mol. The largest absolute Gasteiger partial charge is 0.494 e. The number of piperidine rings is 1. The molecule has 1 aliphatic rings. The monoisotopic (exact) mass is 580 g/mol. The van der Waals surface area contributed by atoms with E-state index in [1.165, 1.54) is 12.1 Å². The van der Waals surface area contributed by atoms with Gasteiger partial charge >= 0.3 is 0 Å². The maximum absolute atomic E-state index is 13.1. The molecule has 2 N–H and O–H groups in total. The Bertz CT molecular complexity index is 1710. The number of aromatic nitrogens is 3. The molecule has 1 aliphatic heterocycles. The molecule has 0 bridgehead atoms. The van der Waals surface area contributed by atoms with Crippen molar-refractivity contribution in [3.63, 3.8) is 0 Å². The third kappa shape index (κ3) is 6.76. The van der Waals surface area contributed by atoms with Crippen molar-refractivity contribution in [2.75, 3.05) is 32.6 Å². The molecule has 1 fully saturated rings. The lowest BCUT2D eigenvalue weighted by atomic mass is 10.1. The third-order valence-electron chi connectivity index (χ3n) is 7.57. The van der Waals surface area contributed by atoms with Gasteiger partial charge in [-0.2, -0.15) is 4.98 Å². The Morgan fingerprint density at radius 2 is 1.72 bits per heavy atom. The molecular formula is C33H33FN6O3. The number of amides is 1. The molecule has 0 spiro atoms. The fraction of sp³-hybridized carbons (Fsp3) is 0.242. The van der Waals surface area contributed by atoms with E-state index in [0.29, 0.717) is 29.5 Å². The van der Waals surface area contributed by atoms with Gasteiger partial charge in [0.25, 0.3) is 5.91 Å². The van der Waals surface area contributed by atoms with Gasteiger partial charge in [-0.05, 0) is 79.5 Å². The predicted octanol–water partition coefficient (Wildman–Crippen LogP) is 5.69. The van der Waals surface area contributed by atoms with E-state index >= 15 is 0 Å². The molecule has 1 saturated heterocycles. The highest BCUT2D eigenvalue weighted by atomic mass is 19.1. The van der Waals surface area contributed by atoms with Gasteiger partial charge in [-0.15, -0.1) is 5.10 Å². The summed E-state index contributed by atoms with van der Waals surface area (Å²) in [5.41, 5.74) is 4.65. The highest BCUT2D eigenvalue weighted by molar-refractivity contribution is 5.94. The van der Waals surface area contributed by atoms with Crippen molar-refractivity contribution in [3.05, 3.63) is 102 Å². The van der Waals surface area contributed by atoms with Crippen LogP contribution in [0.5, 0.6) is 11.5 Å². The molecule has 2 aromatic heterocycles. The minimum absolute atomic E-state index is 0.199. The number of hydrogen-bond donors (Lipinski definition) is 2. The van der Waals surface area contributed by atoms with Crippen molar-refractivity contribution >= 4 is 23.2 Å². The minimum atomic E-state index is -0.304. The molecule has 0 atom stereocenters. The molecule has 220 valence electrons. The van der Waals surface area contributed by atoms with Crippen molar-refractivity contribution in [2.24, 2.45) is 0 Å². The molecule has 43 heavy (non-hydrogen) atoms. The highest BCUT2D eigenvalue weighted by Gasteiger charge is 2.19. The molecule has 3 heterocycles. The standard InChI is InChI=1S/C33H33FN6O3/c1-39-17-15-27(16-18-39)43-28-12-13-29(30(19-28)42-2)36-33-37-31-14-9-25(21-40(31)38-33)23-5-7-24(8-6-23)32(41)35-20-22-3-10-26(34)11-4-22/h3-14,19,21,27H,15-18,20H2,1-2H3,(H,35,41)(H,36,38). The number of ether oxygens (including phenoxy) is 2. The Kier molecular flexibility index (Phi) is 8.19. The molecule has 9 nitrogen and oxygen atoms in total. The van der Waals surface area contributed by atoms with Crippen LogP contribution in [0.2, 0.25) is 0 Å². The van der Waals surface area contributed by atoms with Crippen LogP contribution in [0.3, 0.4) is 0 Å². The van der Waals surface area contributed by atoms with E-state index in [1.54, 1.807) is 35.9 Å². The van der Waals surface area contributed by atoms with Gasteiger partial charge in [0.1, 0.15) is 23.4 Å². The SMILES string of the molecule is COc1cc(OC2CCN(C)CC2)ccc1Nc1nc2ccc(-c3ccc(C(=O)NCc4ccc(F)cc4)cc3)cn2n1. The number of fused-ring (bicyclic) bond motifs is 1. The van der Waals surface area contributed by atoms with E-state index in [-0.39, 0.29) is 17.8 Å². The van der Waals surface area contributed by atoms with Crippen LogP contribution in [-0.4, -0.2) is 58.8 Å². The summed E-state index contributed by atoms with van der Waals surface area (Å²) in [5.74, 6) is 1.36. The van der Waals surface area contributed by atoms with Crippen LogP contribution < -0.4 is 20.1 Å². The third-order valence-corrected chi connectivity index (χ3v) is 7.57. The first kappa shape index (κ1) is 28.2. The van der Waals surface area contributed by atoms with Gasteiger partial charge in [0, 0.05) is 43.0 Å². The molecule has 6 rings (SSSR count). The zero-order chi connectivity index (χ0) is 29.8. The molecule has 0 aliphatic carbocycles. The Morgan fingerprint density at radius 1 is 0.977 bits per heavy atom. The minimum Gasteiger partial charge on any atom is -0.494 e. The van der Waals surface area contributed by atoms with E-state index in [4.69, 9.17) is 9.47 Å². The van der Waals surface area contributed by atoms with Crippen molar-refractivity contribution in [2.45, 2.75) is 25.5 Å². The summed E-state index contributed by atoms with van der Waals surface area (Å²) in [6, 6.07) is 23.0. The van der Waals surface area contributed by atoms with Gasteiger partial charge < -0.3 is 25.0 Å². The van der Waals surface area contributed by atoms with Crippen molar-refractivity contribution in [1.82, 2.24) is 24.8 Å². The van der Waals surface area contributed by atoms with Gasteiger partial charge in [0.2, 0.25) is 5.95 Å². The molecule has 5 aromatic rings. The number of carbonyl (C=O) groups is 1. The van der Waals surface area contributed by atoms with Gasteiger partial charge in [-0.25, -0.2) is 8.91 Å². The second kappa shape index (κ2) is 12.5. The lowest BCUT2D eigenvalue weighted by molar-refractivity contribution is 0.0951. The summed E-state index contributed by atoms with van der Waals surface area (Å²) in [4.78, 5) is 19.5. The van der Waals surface area contributed by atoms with Crippen LogP contribution in [-0.2, 0) is 6.54 Å². The van der Waals surface area contributed by atoms with Crippen LogP contribution in [0, 0.1) is 5.82 Å². The zero-order valence-electron chi connectivity index (χ0n) is 24.1. The first-order valence-corrected chi connectivity index (χ1v) is 14.2. The Labute approximate surface area is 249 Å². The van der Waals surface area contributed by atoms with Crippen LogP contribution in [0.25, 0.3) is 16.8 Å². The number of nitrogens with one attached hydrogen (secondary N) is 2. The number of nitrogens with zero attached hydrogens (tertiary/aromatic N) is 4. The smallest absolute Gasteiger partial charge is 0.251 e. The second-order valence-electron chi connectivity index (χ2n) is 10.7. The fourth-order valence-electron chi connectivity index (χ4n) is 5.07. The molecule has 1 amide bonds. The number of likely N-dealkylation sites (tertiary alicyclic amines) is 1. The summed E-state index contributed by atoms with van der Waals surface area (Å²) in [7, 11) is 3.76. The number of halogens is 1. The van der Waals surface area contributed by atoms with E-state index in [1.807, 2.05) is 48.7 Å². The van der Waals surface area contributed by atoms with Gasteiger partial charge in [0.15, 0.2) is 5.65 Å². The summed E-state index contributed by atoms with van der Waals surface area (Å²) in [5, 5.41) is 10.7. The fourth-order valence-corrected chi connectivity index (χ4v) is 5.07.